The van der Waals surface area contributed by atoms with Gasteiger partial charge in [0, 0.05) is 18.0 Å². The Kier molecular flexibility index (Phi) is 5.13. The van der Waals surface area contributed by atoms with Crippen LogP contribution in [-0.4, -0.2) is 43.2 Å². The number of benzene rings is 1. The zero-order valence-corrected chi connectivity index (χ0v) is 12.9. The van der Waals surface area contributed by atoms with Crippen LogP contribution in [0.4, 0.5) is 0 Å². The topological polar surface area (TPSA) is 32.3 Å². The molecule has 1 heterocycles. The van der Waals surface area contributed by atoms with Crippen molar-refractivity contribution in [2.24, 2.45) is 0 Å². The summed E-state index contributed by atoms with van der Waals surface area (Å²) < 4.78 is 0. The van der Waals surface area contributed by atoms with Gasteiger partial charge in [-0.25, -0.2) is 0 Å². The monoisotopic (exact) mass is 298 g/mol. The Morgan fingerprint density at radius 3 is 2.74 bits per heavy atom. The van der Waals surface area contributed by atoms with Crippen molar-refractivity contribution >= 4 is 29.3 Å². The summed E-state index contributed by atoms with van der Waals surface area (Å²) in [6, 6.07) is 5.93. The molecule has 1 saturated heterocycles. The third-order valence-corrected chi connectivity index (χ3v) is 4.64. The van der Waals surface area contributed by atoms with Gasteiger partial charge in [-0.1, -0.05) is 11.6 Å². The van der Waals surface area contributed by atoms with Gasteiger partial charge in [-0.2, -0.15) is 0 Å². The molecule has 0 bridgehead atoms. The molecule has 1 N–H and O–H groups in total. The SMILES string of the molecule is CSc1ccc(Cl)c(C(=O)N(C)C2CCNCC2)c1. The Bertz CT molecular complexity index is 461. The van der Waals surface area contributed by atoms with E-state index in [0.717, 1.165) is 30.8 Å². The fourth-order valence-corrected chi connectivity index (χ4v) is 2.98. The smallest absolute Gasteiger partial charge is 0.255 e. The fraction of sp³-hybridized carbons (Fsp3) is 0.500. The molecular weight excluding hydrogens is 280 g/mol. The first-order valence-electron chi connectivity index (χ1n) is 6.45. The van der Waals surface area contributed by atoms with E-state index in [2.05, 4.69) is 5.32 Å². The summed E-state index contributed by atoms with van der Waals surface area (Å²) in [7, 11) is 1.88. The number of piperidine rings is 1. The van der Waals surface area contributed by atoms with Gasteiger partial charge >= 0.3 is 0 Å². The molecule has 1 aromatic rings. The van der Waals surface area contributed by atoms with E-state index in [1.54, 1.807) is 17.8 Å². The van der Waals surface area contributed by atoms with Gasteiger partial charge in [-0.15, -0.1) is 11.8 Å². The molecule has 0 aliphatic carbocycles. The second kappa shape index (κ2) is 6.64. The first-order chi connectivity index (χ1) is 9.13. The van der Waals surface area contributed by atoms with E-state index in [0.29, 0.717) is 16.6 Å². The van der Waals surface area contributed by atoms with Crippen LogP contribution in [0, 0.1) is 0 Å². The Morgan fingerprint density at radius 1 is 1.42 bits per heavy atom. The largest absolute Gasteiger partial charge is 0.339 e. The summed E-state index contributed by atoms with van der Waals surface area (Å²) in [6.07, 6.45) is 4.00. The average molecular weight is 299 g/mol. The second-order valence-corrected chi connectivity index (χ2v) is 6.03. The van der Waals surface area contributed by atoms with Crippen LogP contribution in [0.25, 0.3) is 0 Å². The molecule has 0 radical (unpaired) electrons. The number of carbonyl (C=O) groups is 1. The standard InChI is InChI=1S/C14H19ClN2OS/c1-17(10-5-7-16-8-6-10)14(18)12-9-11(19-2)3-4-13(12)15/h3-4,9-10,16H,5-8H2,1-2H3. The van der Waals surface area contributed by atoms with E-state index in [1.807, 2.05) is 30.3 Å². The molecule has 1 amide bonds. The highest BCUT2D eigenvalue weighted by atomic mass is 35.5. The minimum atomic E-state index is 0.0211. The van der Waals surface area contributed by atoms with Crippen molar-refractivity contribution in [3.63, 3.8) is 0 Å². The average Bonchev–Trinajstić information content (AvgIpc) is 2.47. The maximum absolute atomic E-state index is 12.5. The van der Waals surface area contributed by atoms with Crippen LogP contribution in [0.5, 0.6) is 0 Å². The highest BCUT2D eigenvalue weighted by Crippen LogP contribution is 2.25. The van der Waals surface area contributed by atoms with Crippen LogP contribution in [0.1, 0.15) is 23.2 Å². The summed E-state index contributed by atoms with van der Waals surface area (Å²) in [5.41, 5.74) is 0.606. The highest BCUT2D eigenvalue weighted by molar-refractivity contribution is 7.98. The minimum absolute atomic E-state index is 0.0211. The zero-order valence-electron chi connectivity index (χ0n) is 11.3. The van der Waals surface area contributed by atoms with Gasteiger partial charge in [0.05, 0.1) is 10.6 Å². The summed E-state index contributed by atoms with van der Waals surface area (Å²) in [5, 5.41) is 3.84. The Balaban J connectivity index is 2.18. The normalized spacial score (nSPS) is 16.4. The molecule has 1 fully saturated rings. The van der Waals surface area contributed by atoms with Gasteiger partial charge < -0.3 is 10.2 Å². The molecule has 104 valence electrons. The van der Waals surface area contributed by atoms with Crippen LogP contribution in [0.15, 0.2) is 23.1 Å². The lowest BCUT2D eigenvalue weighted by atomic mass is 10.0. The first-order valence-corrected chi connectivity index (χ1v) is 8.05. The van der Waals surface area contributed by atoms with Crippen molar-refractivity contribution in [1.82, 2.24) is 10.2 Å². The molecule has 1 aliphatic rings. The van der Waals surface area contributed by atoms with E-state index in [-0.39, 0.29) is 5.91 Å². The van der Waals surface area contributed by atoms with Crippen LogP contribution >= 0.6 is 23.4 Å². The molecule has 19 heavy (non-hydrogen) atoms. The summed E-state index contributed by atoms with van der Waals surface area (Å²) in [6.45, 7) is 1.95. The van der Waals surface area contributed by atoms with Crippen molar-refractivity contribution in [3.8, 4) is 0 Å². The quantitative estimate of drug-likeness (QED) is 0.871. The lowest BCUT2D eigenvalue weighted by Gasteiger charge is -2.32. The van der Waals surface area contributed by atoms with Gasteiger partial charge in [-0.3, -0.25) is 4.79 Å². The van der Waals surface area contributed by atoms with Gasteiger partial charge in [0.1, 0.15) is 0 Å². The molecule has 0 spiro atoms. The lowest BCUT2D eigenvalue weighted by Crippen LogP contribution is -2.44. The first kappa shape index (κ1) is 14.7. The van der Waals surface area contributed by atoms with Crippen LogP contribution in [0.2, 0.25) is 5.02 Å². The third kappa shape index (κ3) is 3.44. The Morgan fingerprint density at radius 2 is 2.11 bits per heavy atom. The number of amides is 1. The van der Waals surface area contributed by atoms with E-state index in [4.69, 9.17) is 11.6 Å². The molecule has 5 heteroatoms. The van der Waals surface area contributed by atoms with Gasteiger partial charge in [0.25, 0.3) is 5.91 Å². The highest BCUT2D eigenvalue weighted by Gasteiger charge is 2.24. The fourth-order valence-electron chi connectivity index (χ4n) is 2.35. The predicted molar refractivity (Wildman–Crippen MR) is 81.2 cm³/mol. The lowest BCUT2D eigenvalue weighted by molar-refractivity contribution is 0.0703. The van der Waals surface area contributed by atoms with Crippen molar-refractivity contribution in [3.05, 3.63) is 28.8 Å². The molecule has 1 aliphatic heterocycles. The Labute approximate surface area is 123 Å². The number of halogens is 1. The maximum Gasteiger partial charge on any atom is 0.255 e. The predicted octanol–water partition coefficient (Wildman–Crippen LogP) is 2.89. The number of rotatable bonds is 3. The van der Waals surface area contributed by atoms with Gasteiger partial charge in [0.2, 0.25) is 0 Å². The van der Waals surface area contributed by atoms with Crippen LogP contribution < -0.4 is 5.32 Å². The summed E-state index contributed by atoms with van der Waals surface area (Å²) in [4.78, 5) is 15.4. The summed E-state index contributed by atoms with van der Waals surface area (Å²) in [5.74, 6) is 0.0211. The number of thioether (sulfide) groups is 1. The third-order valence-electron chi connectivity index (χ3n) is 3.58. The van der Waals surface area contributed by atoms with Gasteiger partial charge in [-0.05, 0) is 50.4 Å². The van der Waals surface area contributed by atoms with Crippen molar-refractivity contribution in [2.75, 3.05) is 26.4 Å². The van der Waals surface area contributed by atoms with Crippen molar-refractivity contribution in [2.45, 2.75) is 23.8 Å². The molecule has 0 atom stereocenters. The van der Waals surface area contributed by atoms with Crippen LogP contribution in [-0.2, 0) is 0 Å². The molecule has 2 rings (SSSR count). The molecular formula is C14H19ClN2OS. The molecule has 0 saturated carbocycles. The molecule has 3 nitrogen and oxygen atoms in total. The zero-order chi connectivity index (χ0) is 13.8. The Hall–Kier alpha value is -0.710. The number of nitrogens with one attached hydrogen (secondary N) is 1. The molecule has 0 unspecified atom stereocenters. The number of hydrogen-bond acceptors (Lipinski definition) is 3. The van der Waals surface area contributed by atoms with Crippen molar-refractivity contribution < 1.29 is 4.79 Å². The van der Waals surface area contributed by atoms with E-state index >= 15 is 0 Å². The van der Waals surface area contributed by atoms with E-state index in [9.17, 15) is 4.79 Å². The minimum Gasteiger partial charge on any atom is -0.339 e. The van der Waals surface area contributed by atoms with E-state index < -0.39 is 0 Å². The second-order valence-electron chi connectivity index (χ2n) is 4.74. The van der Waals surface area contributed by atoms with Gasteiger partial charge in [0.15, 0.2) is 0 Å². The summed E-state index contributed by atoms with van der Waals surface area (Å²) >= 11 is 7.78. The number of hydrogen-bond donors (Lipinski definition) is 1. The van der Waals surface area contributed by atoms with Crippen LogP contribution in [0.3, 0.4) is 0 Å². The van der Waals surface area contributed by atoms with Crippen molar-refractivity contribution in [1.29, 1.82) is 0 Å². The van der Waals surface area contributed by atoms with E-state index in [1.165, 1.54) is 0 Å². The number of nitrogens with zero attached hydrogens (tertiary/aromatic N) is 1. The molecule has 0 aromatic heterocycles. The number of carbonyl (C=O) groups excluding carboxylic acids is 1. The maximum atomic E-state index is 12.5. The molecule has 1 aromatic carbocycles.